The van der Waals surface area contributed by atoms with E-state index in [4.69, 9.17) is 4.98 Å². The highest BCUT2D eigenvalue weighted by atomic mass is 16.2. The molecule has 0 radical (unpaired) electrons. The summed E-state index contributed by atoms with van der Waals surface area (Å²) in [7, 11) is 0. The average molecular weight is 421 g/mol. The van der Waals surface area contributed by atoms with Crippen molar-refractivity contribution in [3.63, 3.8) is 0 Å². The van der Waals surface area contributed by atoms with Crippen LogP contribution < -0.4 is 5.32 Å². The molecule has 0 aliphatic carbocycles. The molecule has 0 saturated carbocycles. The van der Waals surface area contributed by atoms with E-state index in [-0.39, 0.29) is 18.4 Å². The van der Waals surface area contributed by atoms with Crippen molar-refractivity contribution >= 4 is 22.8 Å². The zero-order valence-electron chi connectivity index (χ0n) is 18.7. The van der Waals surface area contributed by atoms with Crippen molar-refractivity contribution in [1.29, 1.82) is 0 Å². The van der Waals surface area contributed by atoms with E-state index in [2.05, 4.69) is 5.32 Å². The third-order valence-corrected chi connectivity index (χ3v) is 5.65. The zero-order chi connectivity index (χ0) is 22.2. The summed E-state index contributed by atoms with van der Waals surface area (Å²) < 4.78 is 2.02. The number of aryl methyl sites for hydroxylation is 2. The topological polar surface area (TPSA) is 67.2 Å². The van der Waals surface area contributed by atoms with E-state index in [0.29, 0.717) is 32.5 Å². The Kier molecular flexibility index (Phi) is 7.82. The molecular formula is C25H32N4O2. The number of nitrogens with zero attached hydrogens (tertiary/aromatic N) is 3. The molecule has 0 spiro atoms. The highest BCUT2D eigenvalue weighted by Crippen LogP contribution is 2.17. The van der Waals surface area contributed by atoms with Crippen LogP contribution in [0, 0.1) is 6.92 Å². The lowest BCUT2D eigenvalue weighted by atomic mass is 10.1. The van der Waals surface area contributed by atoms with Crippen molar-refractivity contribution in [2.24, 2.45) is 0 Å². The number of amides is 2. The minimum atomic E-state index is 0.0273. The molecule has 2 aromatic carbocycles. The Hall–Kier alpha value is -3.15. The number of fused-ring (bicyclic) bond motifs is 1. The molecule has 2 amide bonds. The second-order valence-corrected chi connectivity index (χ2v) is 7.73. The van der Waals surface area contributed by atoms with E-state index >= 15 is 0 Å². The molecule has 6 nitrogen and oxygen atoms in total. The van der Waals surface area contributed by atoms with Gasteiger partial charge in [0.05, 0.1) is 17.5 Å². The normalized spacial score (nSPS) is 10.9. The highest BCUT2D eigenvalue weighted by Gasteiger charge is 2.16. The molecule has 0 unspecified atom stereocenters. The molecular weight excluding hydrogens is 388 g/mol. The number of nitrogens with one attached hydrogen (secondary N) is 1. The largest absolute Gasteiger partial charge is 0.356 e. The maximum absolute atomic E-state index is 12.7. The summed E-state index contributed by atoms with van der Waals surface area (Å²) in [6.07, 6.45) is 1.86. The third-order valence-electron chi connectivity index (χ3n) is 5.65. The van der Waals surface area contributed by atoms with Crippen LogP contribution in [-0.2, 0) is 29.0 Å². The van der Waals surface area contributed by atoms with Crippen molar-refractivity contribution < 1.29 is 9.59 Å². The monoisotopic (exact) mass is 420 g/mol. The summed E-state index contributed by atoms with van der Waals surface area (Å²) in [6.45, 7) is 8.28. The summed E-state index contributed by atoms with van der Waals surface area (Å²) in [6, 6.07) is 15.9. The molecule has 31 heavy (non-hydrogen) atoms. The average Bonchev–Trinajstić information content (AvgIpc) is 3.11. The summed E-state index contributed by atoms with van der Waals surface area (Å²) in [5, 5.41) is 3.01. The molecule has 0 fully saturated rings. The second-order valence-electron chi connectivity index (χ2n) is 7.73. The number of aromatic nitrogens is 2. The van der Waals surface area contributed by atoms with Gasteiger partial charge in [-0.2, -0.15) is 0 Å². The summed E-state index contributed by atoms with van der Waals surface area (Å²) >= 11 is 0. The van der Waals surface area contributed by atoms with E-state index < -0.39 is 0 Å². The Bertz CT molecular complexity index is 1040. The van der Waals surface area contributed by atoms with Gasteiger partial charge in [0.15, 0.2) is 0 Å². The number of rotatable bonds is 10. The van der Waals surface area contributed by atoms with Crippen LogP contribution in [-0.4, -0.2) is 45.9 Å². The minimum Gasteiger partial charge on any atom is -0.356 e. The number of hydrogen-bond donors (Lipinski definition) is 1. The predicted molar refractivity (Wildman–Crippen MR) is 124 cm³/mol. The van der Waals surface area contributed by atoms with Gasteiger partial charge in [-0.1, -0.05) is 36.4 Å². The van der Waals surface area contributed by atoms with Crippen LogP contribution in [0.1, 0.15) is 37.2 Å². The molecule has 164 valence electrons. The van der Waals surface area contributed by atoms with Gasteiger partial charge in [-0.15, -0.1) is 0 Å². The first-order chi connectivity index (χ1) is 15.0. The van der Waals surface area contributed by atoms with Gasteiger partial charge < -0.3 is 14.8 Å². The van der Waals surface area contributed by atoms with E-state index in [0.717, 1.165) is 34.4 Å². The van der Waals surface area contributed by atoms with Crippen LogP contribution in [0.2, 0.25) is 0 Å². The number of carbonyl (C=O) groups excluding carboxylic acids is 2. The van der Waals surface area contributed by atoms with Crippen molar-refractivity contribution in [2.75, 3.05) is 19.6 Å². The van der Waals surface area contributed by atoms with E-state index in [1.807, 2.05) is 78.8 Å². The molecule has 0 aliphatic rings. The Balaban J connectivity index is 1.61. The molecule has 1 heterocycles. The lowest BCUT2D eigenvalue weighted by Crippen LogP contribution is -2.33. The van der Waals surface area contributed by atoms with E-state index in [1.165, 1.54) is 0 Å². The number of carbonyl (C=O) groups is 2. The fraction of sp³-hybridized carbons (Fsp3) is 0.400. The van der Waals surface area contributed by atoms with Gasteiger partial charge in [0, 0.05) is 26.1 Å². The Morgan fingerprint density at radius 1 is 1.03 bits per heavy atom. The first-order valence-electron chi connectivity index (χ1n) is 11.1. The van der Waals surface area contributed by atoms with Crippen LogP contribution in [0.5, 0.6) is 0 Å². The van der Waals surface area contributed by atoms with Crippen LogP contribution in [0.3, 0.4) is 0 Å². The lowest BCUT2D eigenvalue weighted by Gasteiger charge is -2.20. The van der Waals surface area contributed by atoms with Crippen LogP contribution in [0.25, 0.3) is 11.0 Å². The fourth-order valence-electron chi connectivity index (χ4n) is 3.82. The van der Waals surface area contributed by atoms with Crippen molar-refractivity contribution in [3.8, 4) is 0 Å². The van der Waals surface area contributed by atoms with E-state index in [1.54, 1.807) is 0 Å². The number of hydrogen-bond acceptors (Lipinski definition) is 3. The Labute approximate surface area is 184 Å². The zero-order valence-corrected chi connectivity index (χ0v) is 18.7. The maximum atomic E-state index is 12.7. The van der Waals surface area contributed by atoms with Crippen molar-refractivity contribution in [3.05, 3.63) is 65.5 Å². The predicted octanol–water partition coefficient (Wildman–Crippen LogP) is 3.50. The van der Waals surface area contributed by atoms with Gasteiger partial charge in [-0.25, -0.2) is 4.98 Å². The first kappa shape index (κ1) is 22.5. The standard InChI is InChI=1S/C25H32N4O2/c1-4-28(5-2)25(31)18-29-22-14-9-8-13-21(22)27-23(29)15-10-16-26-24(30)17-20-12-7-6-11-19(20)3/h6-9,11-14H,4-5,10,15-18H2,1-3H3,(H,26,30). The molecule has 0 atom stereocenters. The Morgan fingerprint density at radius 2 is 1.74 bits per heavy atom. The molecule has 6 heteroatoms. The van der Waals surface area contributed by atoms with Crippen molar-refractivity contribution in [1.82, 2.24) is 19.8 Å². The van der Waals surface area contributed by atoms with Gasteiger partial charge in [-0.05, 0) is 50.5 Å². The molecule has 1 N–H and O–H groups in total. The second kappa shape index (κ2) is 10.8. The molecule has 0 saturated heterocycles. The van der Waals surface area contributed by atoms with Crippen molar-refractivity contribution in [2.45, 2.75) is 46.6 Å². The van der Waals surface area contributed by atoms with Crippen LogP contribution >= 0.6 is 0 Å². The third kappa shape index (κ3) is 5.72. The molecule has 1 aromatic heterocycles. The van der Waals surface area contributed by atoms with Crippen LogP contribution in [0.15, 0.2) is 48.5 Å². The Morgan fingerprint density at radius 3 is 2.48 bits per heavy atom. The van der Waals surface area contributed by atoms with Gasteiger partial charge in [0.2, 0.25) is 11.8 Å². The molecule has 3 rings (SSSR count). The smallest absolute Gasteiger partial charge is 0.242 e. The van der Waals surface area contributed by atoms with Gasteiger partial charge in [0.1, 0.15) is 12.4 Å². The summed E-state index contributed by atoms with van der Waals surface area (Å²) in [5.41, 5.74) is 4.05. The first-order valence-corrected chi connectivity index (χ1v) is 11.1. The van der Waals surface area contributed by atoms with Crippen LogP contribution in [0.4, 0.5) is 0 Å². The number of imidazole rings is 1. The lowest BCUT2D eigenvalue weighted by molar-refractivity contribution is -0.131. The van der Waals surface area contributed by atoms with E-state index in [9.17, 15) is 9.59 Å². The molecule has 0 bridgehead atoms. The van der Waals surface area contributed by atoms with Gasteiger partial charge >= 0.3 is 0 Å². The number of para-hydroxylation sites is 2. The number of likely N-dealkylation sites (N-methyl/N-ethyl adjacent to an activating group) is 1. The quantitative estimate of drug-likeness (QED) is 0.511. The maximum Gasteiger partial charge on any atom is 0.242 e. The highest BCUT2D eigenvalue weighted by molar-refractivity contribution is 5.81. The van der Waals surface area contributed by atoms with Gasteiger partial charge in [-0.3, -0.25) is 9.59 Å². The molecule has 0 aliphatic heterocycles. The number of benzene rings is 2. The summed E-state index contributed by atoms with van der Waals surface area (Å²) in [4.78, 5) is 31.6. The van der Waals surface area contributed by atoms with Gasteiger partial charge in [0.25, 0.3) is 0 Å². The molecule has 3 aromatic rings. The SMILES string of the molecule is CCN(CC)C(=O)Cn1c(CCCNC(=O)Cc2ccccc2C)nc2ccccc21. The summed E-state index contributed by atoms with van der Waals surface area (Å²) in [5.74, 6) is 1.01. The minimum absolute atomic E-state index is 0.0273. The fourth-order valence-corrected chi connectivity index (χ4v) is 3.82.